The van der Waals surface area contributed by atoms with Crippen LogP contribution in [0.25, 0.3) is 0 Å². The molecule has 0 saturated heterocycles. The number of methoxy groups -OCH3 is 1. The van der Waals surface area contributed by atoms with Crippen molar-refractivity contribution in [2.24, 2.45) is 0 Å². The summed E-state index contributed by atoms with van der Waals surface area (Å²) in [6.07, 6.45) is 1.31. The molecule has 0 saturated carbocycles. The van der Waals surface area contributed by atoms with Gasteiger partial charge in [0.2, 0.25) is 5.91 Å². The molecule has 1 rings (SSSR count). The Bertz CT molecular complexity index is 565. The van der Waals surface area contributed by atoms with Crippen LogP contribution in [0, 0.1) is 0 Å². The van der Waals surface area contributed by atoms with Crippen LogP contribution >= 0.6 is 23.2 Å². The van der Waals surface area contributed by atoms with Gasteiger partial charge in [0.25, 0.3) is 0 Å². The van der Waals surface area contributed by atoms with Gasteiger partial charge in [-0.1, -0.05) is 42.6 Å². The standard InChI is InChI=1S/C16H21Cl2NO4/c1-4-9-16(2,15(21)22-3)19-13(20)8-10-23-12-7-5-6-11(17)14(12)18/h5-7H,4,8-10H2,1-3H3,(H,19,20). The van der Waals surface area contributed by atoms with Crippen molar-refractivity contribution in [3.05, 3.63) is 28.2 Å². The van der Waals surface area contributed by atoms with Crippen molar-refractivity contribution in [1.82, 2.24) is 5.32 Å². The van der Waals surface area contributed by atoms with E-state index < -0.39 is 11.5 Å². The van der Waals surface area contributed by atoms with E-state index in [1.165, 1.54) is 7.11 Å². The maximum atomic E-state index is 12.0. The molecule has 7 heteroatoms. The zero-order valence-electron chi connectivity index (χ0n) is 13.4. The topological polar surface area (TPSA) is 64.6 Å². The molecule has 1 amide bonds. The minimum absolute atomic E-state index is 0.0825. The lowest BCUT2D eigenvalue weighted by Gasteiger charge is -2.27. The van der Waals surface area contributed by atoms with Gasteiger partial charge in [-0.2, -0.15) is 0 Å². The van der Waals surface area contributed by atoms with Gasteiger partial charge in [-0.05, 0) is 25.5 Å². The van der Waals surface area contributed by atoms with Crippen molar-refractivity contribution in [2.75, 3.05) is 13.7 Å². The molecule has 0 heterocycles. The molecule has 0 aliphatic carbocycles. The SMILES string of the molecule is CCCC(C)(NC(=O)CCOc1cccc(Cl)c1Cl)C(=O)OC. The summed E-state index contributed by atoms with van der Waals surface area (Å²) in [6, 6.07) is 5.02. The number of rotatable bonds is 8. The van der Waals surface area contributed by atoms with Crippen LogP contribution in [0.3, 0.4) is 0 Å². The molecular formula is C16H21Cl2NO4. The van der Waals surface area contributed by atoms with Crippen LogP contribution in [-0.2, 0) is 14.3 Å². The second-order valence-electron chi connectivity index (χ2n) is 5.27. The molecular weight excluding hydrogens is 341 g/mol. The summed E-state index contributed by atoms with van der Waals surface area (Å²) in [4.78, 5) is 23.9. The van der Waals surface area contributed by atoms with Gasteiger partial charge in [-0.15, -0.1) is 0 Å². The van der Waals surface area contributed by atoms with Gasteiger partial charge >= 0.3 is 5.97 Å². The average Bonchev–Trinajstić information content (AvgIpc) is 2.50. The zero-order valence-corrected chi connectivity index (χ0v) is 15.0. The lowest BCUT2D eigenvalue weighted by molar-refractivity contribution is -0.150. The van der Waals surface area contributed by atoms with Gasteiger partial charge in [-0.25, -0.2) is 4.79 Å². The lowest BCUT2D eigenvalue weighted by atomic mass is 9.96. The molecule has 0 fully saturated rings. The highest BCUT2D eigenvalue weighted by molar-refractivity contribution is 6.42. The summed E-state index contributed by atoms with van der Waals surface area (Å²) >= 11 is 11.9. The van der Waals surface area contributed by atoms with E-state index in [1.807, 2.05) is 6.92 Å². The third kappa shape index (κ3) is 5.59. The van der Waals surface area contributed by atoms with Crippen molar-refractivity contribution in [2.45, 2.75) is 38.6 Å². The third-order valence-corrected chi connectivity index (χ3v) is 4.11. The molecule has 5 nitrogen and oxygen atoms in total. The van der Waals surface area contributed by atoms with Gasteiger partial charge < -0.3 is 14.8 Å². The Kier molecular flexibility index (Phi) is 7.65. The van der Waals surface area contributed by atoms with E-state index in [-0.39, 0.29) is 18.9 Å². The van der Waals surface area contributed by atoms with E-state index >= 15 is 0 Å². The number of nitrogens with one attached hydrogen (secondary N) is 1. The summed E-state index contributed by atoms with van der Waals surface area (Å²) in [7, 11) is 1.30. The number of carbonyl (C=O) groups excluding carboxylic acids is 2. The van der Waals surface area contributed by atoms with Crippen molar-refractivity contribution < 1.29 is 19.1 Å². The molecule has 1 aromatic rings. The van der Waals surface area contributed by atoms with Crippen LogP contribution in [0.4, 0.5) is 0 Å². The largest absolute Gasteiger partial charge is 0.491 e. The number of amides is 1. The van der Waals surface area contributed by atoms with E-state index in [0.29, 0.717) is 22.2 Å². The Hall–Kier alpha value is -1.46. The van der Waals surface area contributed by atoms with E-state index in [9.17, 15) is 9.59 Å². The van der Waals surface area contributed by atoms with Gasteiger partial charge in [0.15, 0.2) is 0 Å². The zero-order chi connectivity index (χ0) is 17.5. The minimum Gasteiger partial charge on any atom is -0.491 e. The Morgan fingerprint density at radius 3 is 2.61 bits per heavy atom. The molecule has 1 unspecified atom stereocenters. The van der Waals surface area contributed by atoms with E-state index in [4.69, 9.17) is 32.7 Å². The summed E-state index contributed by atoms with van der Waals surface area (Å²) < 4.78 is 10.2. The van der Waals surface area contributed by atoms with E-state index in [2.05, 4.69) is 5.32 Å². The second kappa shape index (κ2) is 8.99. The number of hydrogen-bond donors (Lipinski definition) is 1. The number of ether oxygens (including phenoxy) is 2. The molecule has 0 spiro atoms. The highest BCUT2D eigenvalue weighted by Crippen LogP contribution is 2.31. The van der Waals surface area contributed by atoms with Crippen molar-refractivity contribution in [3.63, 3.8) is 0 Å². The quantitative estimate of drug-likeness (QED) is 0.718. The molecule has 0 aliphatic heterocycles. The molecule has 0 aliphatic rings. The van der Waals surface area contributed by atoms with Crippen LogP contribution in [-0.4, -0.2) is 31.1 Å². The van der Waals surface area contributed by atoms with Crippen LogP contribution < -0.4 is 10.1 Å². The number of esters is 1. The molecule has 128 valence electrons. The van der Waals surface area contributed by atoms with Crippen LogP contribution in [0.1, 0.15) is 33.1 Å². The summed E-state index contributed by atoms with van der Waals surface area (Å²) in [5.74, 6) is -0.354. The Morgan fingerprint density at radius 1 is 1.30 bits per heavy atom. The van der Waals surface area contributed by atoms with Gasteiger partial charge in [0.1, 0.15) is 16.3 Å². The predicted molar refractivity (Wildman–Crippen MR) is 90.0 cm³/mol. The fourth-order valence-electron chi connectivity index (χ4n) is 2.16. The molecule has 1 N–H and O–H groups in total. The lowest BCUT2D eigenvalue weighted by Crippen LogP contribution is -2.52. The fraction of sp³-hybridized carbons (Fsp3) is 0.500. The maximum absolute atomic E-state index is 12.0. The summed E-state index contributed by atoms with van der Waals surface area (Å²) in [5.41, 5.74) is -1.03. The Labute approximate surface area is 146 Å². The number of hydrogen-bond acceptors (Lipinski definition) is 4. The number of benzene rings is 1. The first-order chi connectivity index (χ1) is 10.8. The normalized spacial score (nSPS) is 13.1. The average molecular weight is 362 g/mol. The van der Waals surface area contributed by atoms with Crippen molar-refractivity contribution in [3.8, 4) is 5.75 Å². The minimum atomic E-state index is -1.03. The molecule has 1 aromatic carbocycles. The first-order valence-corrected chi connectivity index (χ1v) is 8.06. The highest BCUT2D eigenvalue weighted by Gasteiger charge is 2.34. The van der Waals surface area contributed by atoms with Crippen LogP contribution in [0.2, 0.25) is 10.0 Å². The first-order valence-electron chi connectivity index (χ1n) is 7.30. The van der Waals surface area contributed by atoms with Gasteiger partial charge in [-0.3, -0.25) is 4.79 Å². The van der Waals surface area contributed by atoms with Gasteiger partial charge in [0.05, 0.1) is 25.2 Å². The fourth-order valence-corrected chi connectivity index (χ4v) is 2.51. The van der Waals surface area contributed by atoms with E-state index in [1.54, 1.807) is 25.1 Å². The smallest absolute Gasteiger partial charge is 0.331 e. The monoisotopic (exact) mass is 361 g/mol. The number of halogens is 2. The molecule has 0 bridgehead atoms. The Balaban J connectivity index is 2.56. The van der Waals surface area contributed by atoms with Crippen molar-refractivity contribution >= 4 is 35.1 Å². The summed E-state index contributed by atoms with van der Waals surface area (Å²) in [5, 5.41) is 3.39. The second-order valence-corrected chi connectivity index (χ2v) is 6.06. The Morgan fingerprint density at radius 2 is 2.00 bits per heavy atom. The molecule has 23 heavy (non-hydrogen) atoms. The molecule has 1 atom stereocenters. The summed E-state index contributed by atoms with van der Waals surface area (Å²) in [6.45, 7) is 3.70. The predicted octanol–water partition coefficient (Wildman–Crippen LogP) is 3.61. The van der Waals surface area contributed by atoms with Crippen LogP contribution in [0.15, 0.2) is 18.2 Å². The number of carbonyl (C=O) groups is 2. The van der Waals surface area contributed by atoms with Gasteiger partial charge in [0, 0.05) is 0 Å². The molecule has 0 radical (unpaired) electrons. The highest BCUT2D eigenvalue weighted by atomic mass is 35.5. The molecule has 0 aromatic heterocycles. The maximum Gasteiger partial charge on any atom is 0.331 e. The first kappa shape index (κ1) is 19.6. The third-order valence-electron chi connectivity index (χ3n) is 3.30. The van der Waals surface area contributed by atoms with Crippen LogP contribution in [0.5, 0.6) is 5.75 Å². The van der Waals surface area contributed by atoms with Crippen molar-refractivity contribution in [1.29, 1.82) is 0 Å². The van der Waals surface area contributed by atoms with E-state index in [0.717, 1.165) is 6.42 Å².